The van der Waals surface area contributed by atoms with Crippen LogP contribution in [-0.2, 0) is 4.74 Å². The number of nitrogens with zero attached hydrogens (tertiary/aromatic N) is 3. The van der Waals surface area contributed by atoms with Crippen molar-refractivity contribution in [3.05, 3.63) is 40.4 Å². The van der Waals surface area contributed by atoms with Crippen LogP contribution in [0.25, 0.3) is 5.69 Å². The fraction of sp³-hybridized carbons (Fsp3) is 0.529. The van der Waals surface area contributed by atoms with E-state index in [0.29, 0.717) is 11.8 Å². The van der Waals surface area contributed by atoms with Crippen molar-refractivity contribution in [2.24, 2.45) is 11.8 Å². The zero-order valence-corrected chi connectivity index (χ0v) is 13.7. The summed E-state index contributed by atoms with van der Waals surface area (Å²) < 4.78 is 8.05. The van der Waals surface area contributed by atoms with Crippen LogP contribution in [0, 0.1) is 25.7 Å². The number of rotatable bonds is 2. The summed E-state index contributed by atoms with van der Waals surface area (Å²) in [5.74, 6) is 3.02. The van der Waals surface area contributed by atoms with Crippen LogP contribution >= 0.6 is 11.6 Å². The summed E-state index contributed by atoms with van der Waals surface area (Å²) in [5.41, 5.74) is 2.13. The van der Waals surface area contributed by atoms with Gasteiger partial charge in [0.2, 0.25) is 0 Å². The molecule has 22 heavy (non-hydrogen) atoms. The molecule has 1 aromatic heterocycles. The normalized spacial score (nSPS) is 27.3. The summed E-state index contributed by atoms with van der Waals surface area (Å²) in [4.78, 5) is 4.69. The van der Waals surface area contributed by atoms with Crippen LogP contribution in [0.4, 0.5) is 0 Å². The van der Waals surface area contributed by atoms with Gasteiger partial charge < -0.3 is 4.74 Å². The van der Waals surface area contributed by atoms with Gasteiger partial charge >= 0.3 is 0 Å². The fourth-order valence-corrected chi connectivity index (χ4v) is 4.16. The van der Waals surface area contributed by atoms with E-state index in [-0.39, 0.29) is 6.10 Å². The van der Waals surface area contributed by atoms with Gasteiger partial charge in [0.1, 0.15) is 11.9 Å². The molecule has 0 N–H and O–H groups in total. The van der Waals surface area contributed by atoms with E-state index in [0.717, 1.165) is 34.5 Å². The quantitative estimate of drug-likeness (QED) is 0.839. The molecule has 1 aromatic carbocycles. The van der Waals surface area contributed by atoms with Gasteiger partial charge in [-0.2, -0.15) is 5.10 Å². The summed E-state index contributed by atoms with van der Waals surface area (Å²) >= 11 is 6.08. The van der Waals surface area contributed by atoms with E-state index >= 15 is 0 Å². The van der Waals surface area contributed by atoms with E-state index in [1.165, 1.54) is 19.3 Å². The van der Waals surface area contributed by atoms with Crippen LogP contribution in [-0.4, -0.2) is 21.4 Å². The Morgan fingerprint density at radius 1 is 1.27 bits per heavy atom. The lowest BCUT2D eigenvalue weighted by atomic mass is 9.94. The maximum absolute atomic E-state index is 6.10. The van der Waals surface area contributed by atoms with E-state index in [9.17, 15) is 0 Å². The van der Waals surface area contributed by atoms with Crippen LogP contribution in [0.5, 0.6) is 0 Å². The highest BCUT2D eigenvalue weighted by molar-refractivity contribution is 6.30. The first kappa shape index (κ1) is 14.2. The van der Waals surface area contributed by atoms with E-state index in [1.807, 2.05) is 29.8 Å². The van der Waals surface area contributed by atoms with E-state index in [2.05, 4.69) is 17.0 Å². The van der Waals surface area contributed by atoms with Crippen molar-refractivity contribution in [3.8, 4) is 5.69 Å². The third-order valence-corrected chi connectivity index (χ3v) is 5.21. The van der Waals surface area contributed by atoms with E-state index in [1.54, 1.807) is 0 Å². The van der Waals surface area contributed by atoms with Crippen molar-refractivity contribution >= 4 is 11.6 Å². The minimum Gasteiger partial charge on any atom is -0.370 e. The van der Waals surface area contributed by atoms with Crippen molar-refractivity contribution < 1.29 is 4.74 Å². The molecule has 116 valence electrons. The van der Waals surface area contributed by atoms with Gasteiger partial charge in [0.05, 0.1) is 12.3 Å². The monoisotopic (exact) mass is 317 g/mol. The highest BCUT2D eigenvalue weighted by Gasteiger charge is 2.43. The van der Waals surface area contributed by atoms with Crippen LogP contribution in [0.2, 0.25) is 5.02 Å². The second kappa shape index (κ2) is 5.36. The maximum atomic E-state index is 6.10. The molecule has 1 saturated carbocycles. The maximum Gasteiger partial charge on any atom is 0.161 e. The van der Waals surface area contributed by atoms with Gasteiger partial charge in [-0.15, -0.1) is 0 Å². The first-order chi connectivity index (χ1) is 10.6. The second-order valence-electron chi connectivity index (χ2n) is 6.47. The summed E-state index contributed by atoms with van der Waals surface area (Å²) in [7, 11) is 0. The number of aryl methyl sites for hydroxylation is 2. The molecular weight excluding hydrogens is 298 g/mol. The van der Waals surface area contributed by atoms with Gasteiger partial charge in [0.15, 0.2) is 5.82 Å². The van der Waals surface area contributed by atoms with Crippen molar-refractivity contribution in [1.29, 1.82) is 0 Å². The lowest BCUT2D eigenvalue weighted by Gasteiger charge is -2.18. The third-order valence-electron chi connectivity index (χ3n) is 4.98. The number of hydrogen-bond donors (Lipinski definition) is 0. The number of hydrogen-bond acceptors (Lipinski definition) is 3. The molecule has 2 fully saturated rings. The van der Waals surface area contributed by atoms with E-state index in [4.69, 9.17) is 16.3 Å². The van der Waals surface area contributed by atoms with Crippen LogP contribution < -0.4 is 0 Å². The first-order valence-electron chi connectivity index (χ1n) is 7.95. The zero-order valence-electron chi connectivity index (χ0n) is 12.9. The Kier molecular flexibility index (Phi) is 3.46. The highest BCUT2D eigenvalue weighted by Crippen LogP contribution is 2.47. The number of benzene rings is 1. The molecule has 2 aromatic rings. The number of halogens is 1. The Hall–Kier alpha value is -1.39. The summed E-state index contributed by atoms with van der Waals surface area (Å²) in [6.45, 7) is 4.85. The van der Waals surface area contributed by atoms with Crippen LogP contribution in [0.3, 0.4) is 0 Å². The molecule has 0 radical (unpaired) electrons. The van der Waals surface area contributed by atoms with Gasteiger partial charge in [0, 0.05) is 5.02 Å². The average molecular weight is 318 g/mol. The van der Waals surface area contributed by atoms with Gasteiger partial charge in [-0.1, -0.05) is 18.0 Å². The molecule has 2 aliphatic rings. The Morgan fingerprint density at radius 3 is 2.95 bits per heavy atom. The standard InChI is InChI=1S/C17H20ClN3O/c1-10-8-13(18)6-7-15(10)21-17(19-11(2)20-21)16-14-5-3-4-12(14)9-22-16/h6-8,12,14,16H,3-5,9H2,1-2H3/t12-,14-,16+/m0/s1. The molecule has 0 bridgehead atoms. The van der Waals surface area contributed by atoms with Gasteiger partial charge in [0.25, 0.3) is 0 Å². The molecule has 1 saturated heterocycles. The lowest BCUT2D eigenvalue weighted by Crippen LogP contribution is -2.15. The molecule has 1 aliphatic carbocycles. The van der Waals surface area contributed by atoms with Crippen LogP contribution in [0.15, 0.2) is 18.2 Å². The minimum absolute atomic E-state index is 0.0729. The molecule has 2 heterocycles. The van der Waals surface area contributed by atoms with Crippen molar-refractivity contribution in [1.82, 2.24) is 14.8 Å². The first-order valence-corrected chi connectivity index (χ1v) is 8.33. The Balaban J connectivity index is 1.78. The molecule has 0 amide bonds. The summed E-state index contributed by atoms with van der Waals surface area (Å²) in [5, 5.41) is 5.36. The van der Waals surface area contributed by atoms with Crippen molar-refractivity contribution in [2.45, 2.75) is 39.2 Å². The van der Waals surface area contributed by atoms with Gasteiger partial charge in [-0.3, -0.25) is 0 Å². The Bertz CT molecular complexity index is 712. The Labute approximate surface area is 135 Å². The van der Waals surface area contributed by atoms with Crippen LogP contribution in [0.1, 0.15) is 42.6 Å². The topological polar surface area (TPSA) is 39.9 Å². The molecule has 4 rings (SSSR count). The zero-order chi connectivity index (χ0) is 15.3. The second-order valence-corrected chi connectivity index (χ2v) is 6.91. The fourth-order valence-electron chi connectivity index (χ4n) is 3.94. The number of aromatic nitrogens is 3. The molecule has 0 spiro atoms. The SMILES string of the molecule is Cc1nc([C@@H]2OC[C@@H]3CCC[C@@H]32)n(-c2ccc(Cl)cc2C)n1. The third kappa shape index (κ3) is 2.25. The lowest BCUT2D eigenvalue weighted by molar-refractivity contribution is 0.0770. The Morgan fingerprint density at radius 2 is 2.14 bits per heavy atom. The molecular formula is C17H20ClN3O. The minimum atomic E-state index is 0.0729. The van der Waals surface area contributed by atoms with E-state index < -0.39 is 0 Å². The van der Waals surface area contributed by atoms with Gasteiger partial charge in [-0.05, 0) is 62.3 Å². The smallest absolute Gasteiger partial charge is 0.161 e. The number of fused-ring (bicyclic) bond motifs is 1. The van der Waals surface area contributed by atoms with Crippen molar-refractivity contribution in [3.63, 3.8) is 0 Å². The predicted octanol–water partition coefficient (Wildman–Crippen LogP) is 4.03. The highest BCUT2D eigenvalue weighted by atomic mass is 35.5. The van der Waals surface area contributed by atoms with Gasteiger partial charge in [-0.25, -0.2) is 9.67 Å². The summed E-state index contributed by atoms with van der Waals surface area (Å²) in [6.07, 6.45) is 3.90. The molecule has 5 heteroatoms. The average Bonchev–Trinajstić information content (AvgIpc) is 3.13. The molecule has 4 nitrogen and oxygen atoms in total. The molecule has 0 unspecified atom stereocenters. The molecule has 1 aliphatic heterocycles. The molecule has 3 atom stereocenters. The van der Waals surface area contributed by atoms with Crippen molar-refractivity contribution in [2.75, 3.05) is 6.61 Å². The largest absolute Gasteiger partial charge is 0.370 e. The summed E-state index contributed by atoms with van der Waals surface area (Å²) in [6, 6.07) is 5.88. The number of ether oxygens (including phenoxy) is 1. The predicted molar refractivity (Wildman–Crippen MR) is 85.4 cm³/mol.